The van der Waals surface area contributed by atoms with Crippen molar-refractivity contribution in [1.29, 1.82) is 0 Å². The third-order valence-corrected chi connectivity index (χ3v) is 3.16. The maximum atomic E-state index is 11.5. The van der Waals surface area contributed by atoms with E-state index in [-0.39, 0.29) is 12.5 Å². The molecule has 0 aromatic heterocycles. The van der Waals surface area contributed by atoms with Gasteiger partial charge in [0.25, 0.3) is 0 Å². The summed E-state index contributed by atoms with van der Waals surface area (Å²) < 4.78 is 5.17. The second-order valence-electron chi connectivity index (χ2n) is 6.49. The van der Waals surface area contributed by atoms with E-state index >= 15 is 0 Å². The zero-order valence-electron chi connectivity index (χ0n) is 13.7. The fraction of sp³-hybridized carbons (Fsp3) is 0.938. The third kappa shape index (κ3) is 12.3. The van der Waals surface area contributed by atoms with Crippen LogP contribution < -0.4 is 5.32 Å². The molecule has 0 aromatic carbocycles. The van der Waals surface area contributed by atoms with Crippen molar-refractivity contribution < 1.29 is 14.6 Å². The van der Waals surface area contributed by atoms with E-state index in [4.69, 9.17) is 4.74 Å². The Balaban J connectivity index is 3.68. The lowest BCUT2D eigenvalue weighted by Crippen LogP contribution is -2.36. The lowest BCUT2D eigenvalue weighted by Gasteiger charge is -2.21. The molecular weight excluding hydrogens is 254 g/mol. The van der Waals surface area contributed by atoms with E-state index in [0.717, 1.165) is 12.8 Å². The number of carbonyl (C=O) groups excluding carboxylic acids is 1. The molecule has 0 saturated carbocycles. The predicted octanol–water partition coefficient (Wildman–Crippen LogP) is 3.87. The van der Waals surface area contributed by atoms with Gasteiger partial charge in [-0.3, -0.25) is 0 Å². The van der Waals surface area contributed by atoms with Gasteiger partial charge in [-0.1, -0.05) is 45.4 Å². The van der Waals surface area contributed by atoms with Gasteiger partial charge in [-0.15, -0.1) is 0 Å². The Bertz CT molecular complexity index is 249. The molecule has 1 amide bonds. The van der Waals surface area contributed by atoms with Crippen molar-refractivity contribution in [1.82, 2.24) is 5.32 Å². The molecule has 0 aliphatic heterocycles. The van der Waals surface area contributed by atoms with Crippen LogP contribution in [0, 0.1) is 5.92 Å². The van der Waals surface area contributed by atoms with Gasteiger partial charge in [0.15, 0.2) is 0 Å². The van der Waals surface area contributed by atoms with Crippen molar-refractivity contribution in [3.8, 4) is 0 Å². The number of aliphatic hydroxyl groups is 1. The average molecular weight is 287 g/mol. The number of nitrogens with one attached hydrogen (secondary N) is 1. The Morgan fingerprint density at radius 2 is 1.75 bits per heavy atom. The predicted molar refractivity (Wildman–Crippen MR) is 82.8 cm³/mol. The topological polar surface area (TPSA) is 58.6 Å². The molecule has 0 rings (SSSR count). The lowest BCUT2D eigenvalue weighted by atomic mass is 10.0. The Morgan fingerprint density at radius 3 is 2.30 bits per heavy atom. The maximum absolute atomic E-state index is 11.5. The Morgan fingerprint density at radius 1 is 1.15 bits per heavy atom. The number of hydrogen-bond donors (Lipinski definition) is 2. The molecule has 120 valence electrons. The molecule has 1 atom stereocenters. The molecule has 0 aliphatic carbocycles. The largest absolute Gasteiger partial charge is 0.444 e. The van der Waals surface area contributed by atoms with E-state index in [9.17, 15) is 9.90 Å². The summed E-state index contributed by atoms with van der Waals surface area (Å²) in [4.78, 5) is 11.5. The van der Waals surface area contributed by atoms with Crippen LogP contribution in [-0.2, 0) is 4.74 Å². The highest BCUT2D eigenvalue weighted by molar-refractivity contribution is 5.67. The number of alkyl carbamates (subject to hydrolysis) is 1. The summed E-state index contributed by atoms with van der Waals surface area (Å²) in [5, 5.41) is 12.1. The van der Waals surface area contributed by atoms with Crippen molar-refractivity contribution in [3.05, 3.63) is 0 Å². The standard InChI is InChI=1S/C16H33NO3/c1-5-6-7-8-9-10-11-14(13-18)12-17-15(19)20-16(2,3)4/h14,18H,5-13H2,1-4H3,(H,17,19). The number of hydrogen-bond acceptors (Lipinski definition) is 3. The smallest absolute Gasteiger partial charge is 0.407 e. The Hall–Kier alpha value is -0.770. The number of aliphatic hydroxyl groups excluding tert-OH is 1. The minimum atomic E-state index is -0.474. The van der Waals surface area contributed by atoms with E-state index in [2.05, 4.69) is 12.2 Å². The number of amides is 1. The van der Waals surface area contributed by atoms with Gasteiger partial charge in [0.05, 0.1) is 0 Å². The van der Waals surface area contributed by atoms with Gasteiger partial charge in [0, 0.05) is 13.2 Å². The first-order valence-corrected chi connectivity index (χ1v) is 7.96. The molecular formula is C16H33NO3. The van der Waals surface area contributed by atoms with Gasteiger partial charge < -0.3 is 15.2 Å². The Kier molecular flexibility index (Phi) is 10.5. The van der Waals surface area contributed by atoms with Crippen LogP contribution in [0.1, 0.15) is 72.6 Å². The number of ether oxygens (including phenoxy) is 1. The first-order chi connectivity index (χ1) is 9.39. The average Bonchev–Trinajstić information content (AvgIpc) is 2.35. The molecule has 4 heteroatoms. The van der Waals surface area contributed by atoms with Gasteiger partial charge in [0.2, 0.25) is 0 Å². The molecule has 1 unspecified atom stereocenters. The molecule has 0 bridgehead atoms. The van der Waals surface area contributed by atoms with E-state index in [0.29, 0.717) is 6.54 Å². The summed E-state index contributed by atoms with van der Waals surface area (Å²) >= 11 is 0. The van der Waals surface area contributed by atoms with E-state index in [1.807, 2.05) is 20.8 Å². The molecule has 0 aromatic rings. The van der Waals surface area contributed by atoms with Crippen molar-refractivity contribution in [2.24, 2.45) is 5.92 Å². The van der Waals surface area contributed by atoms with Crippen LogP contribution in [0.5, 0.6) is 0 Å². The summed E-state index contributed by atoms with van der Waals surface area (Å²) in [5.74, 6) is 0.133. The van der Waals surface area contributed by atoms with Gasteiger partial charge in [0.1, 0.15) is 5.60 Å². The van der Waals surface area contributed by atoms with Gasteiger partial charge in [-0.2, -0.15) is 0 Å². The number of carbonyl (C=O) groups is 1. The number of unbranched alkanes of at least 4 members (excludes halogenated alkanes) is 5. The second kappa shape index (κ2) is 11.0. The van der Waals surface area contributed by atoms with Crippen molar-refractivity contribution in [3.63, 3.8) is 0 Å². The third-order valence-electron chi connectivity index (χ3n) is 3.16. The first kappa shape index (κ1) is 19.2. The lowest BCUT2D eigenvalue weighted by molar-refractivity contribution is 0.0511. The van der Waals surface area contributed by atoms with Crippen LogP contribution in [0.4, 0.5) is 4.79 Å². The first-order valence-electron chi connectivity index (χ1n) is 7.96. The molecule has 0 fully saturated rings. The van der Waals surface area contributed by atoms with Gasteiger partial charge in [-0.25, -0.2) is 4.79 Å². The second-order valence-corrected chi connectivity index (χ2v) is 6.49. The Labute approximate surface area is 124 Å². The molecule has 20 heavy (non-hydrogen) atoms. The SMILES string of the molecule is CCCCCCCCC(CO)CNC(=O)OC(C)(C)C. The normalized spacial score (nSPS) is 13.1. The summed E-state index contributed by atoms with van der Waals surface area (Å²) in [6.45, 7) is 8.33. The van der Waals surface area contributed by atoms with Crippen molar-refractivity contribution in [2.45, 2.75) is 78.2 Å². The molecule has 0 radical (unpaired) electrons. The van der Waals surface area contributed by atoms with Crippen LogP contribution in [0.2, 0.25) is 0 Å². The molecule has 0 spiro atoms. The summed E-state index contributed by atoms with van der Waals surface area (Å²) in [5.41, 5.74) is -0.474. The molecule has 4 nitrogen and oxygen atoms in total. The minimum absolute atomic E-state index is 0.116. The van der Waals surface area contributed by atoms with Crippen LogP contribution in [0.3, 0.4) is 0 Å². The van der Waals surface area contributed by atoms with E-state index in [1.165, 1.54) is 32.1 Å². The fourth-order valence-electron chi connectivity index (χ4n) is 2.01. The van der Waals surface area contributed by atoms with E-state index < -0.39 is 11.7 Å². The zero-order valence-corrected chi connectivity index (χ0v) is 13.7. The van der Waals surface area contributed by atoms with Crippen LogP contribution in [-0.4, -0.2) is 30.0 Å². The van der Waals surface area contributed by atoms with Gasteiger partial charge in [-0.05, 0) is 33.1 Å². The maximum Gasteiger partial charge on any atom is 0.407 e. The zero-order chi connectivity index (χ0) is 15.4. The molecule has 0 aliphatic rings. The molecule has 2 N–H and O–H groups in total. The van der Waals surface area contributed by atoms with Gasteiger partial charge >= 0.3 is 6.09 Å². The van der Waals surface area contributed by atoms with Crippen molar-refractivity contribution >= 4 is 6.09 Å². The fourth-order valence-corrected chi connectivity index (χ4v) is 2.01. The molecule has 0 saturated heterocycles. The number of rotatable bonds is 10. The summed E-state index contributed by atoms with van der Waals surface area (Å²) in [7, 11) is 0. The highest BCUT2D eigenvalue weighted by atomic mass is 16.6. The highest BCUT2D eigenvalue weighted by Crippen LogP contribution is 2.12. The van der Waals surface area contributed by atoms with E-state index in [1.54, 1.807) is 0 Å². The monoisotopic (exact) mass is 287 g/mol. The van der Waals surface area contributed by atoms with Crippen LogP contribution >= 0.6 is 0 Å². The van der Waals surface area contributed by atoms with Crippen LogP contribution in [0.15, 0.2) is 0 Å². The highest BCUT2D eigenvalue weighted by Gasteiger charge is 2.17. The summed E-state index contributed by atoms with van der Waals surface area (Å²) in [6.07, 6.45) is 8.02. The summed E-state index contributed by atoms with van der Waals surface area (Å²) in [6, 6.07) is 0. The van der Waals surface area contributed by atoms with Crippen LogP contribution in [0.25, 0.3) is 0 Å². The molecule has 0 heterocycles. The minimum Gasteiger partial charge on any atom is -0.444 e. The van der Waals surface area contributed by atoms with Crippen molar-refractivity contribution in [2.75, 3.05) is 13.2 Å². The quantitative estimate of drug-likeness (QED) is 0.600.